The van der Waals surface area contributed by atoms with Gasteiger partial charge in [-0.15, -0.1) is 0 Å². The Morgan fingerprint density at radius 1 is 1.36 bits per heavy atom. The average Bonchev–Trinajstić information content (AvgIpc) is 2.64. The molecule has 0 saturated carbocycles. The Labute approximate surface area is 163 Å². The van der Waals surface area contributed by atoms with E-state index in [1.165, 1.54) is 36.5 Å². The highest BCUT2D eigenvalue weighted by Gasteiger charge is 2.22. The van der Waals surface area contributed by atoms with Crippen LogP contribution in [-0.4, -0.2) is 47.5 Å². The molecule has 1 atom stereocenters. The van der Waals surface area contributed by atoms with Gasteiger partial charge in [-0.1, -0.05) is 11.6 Å². The number of halogens is 4. The van der Waals surface area contributed by atoms with Crippen LogP contribution >= 0.6 is 11.6 Å². The molecule has 1 unspecified atom stereocenters. The van der Waals surface area contributed by atoms with Crippen LogP contribution in [0.15, 0.2) is 41.5 Å². The molecule has 1 aromatic carbocycles. The summed E-state index contributed by atoms with van der Waals surface area (Å²) < 4.78 is 41.1. The van der Waals surface area contributed by atoms with Crippen LogP contribution in [0, 0.1) is 5.82 Å². The predicted octanol–water partition coefficient (Wildman–Crippen LogP) is 2.84. The van der Waals surface area contributed by atoms with Crippen molar-refractivity contribution < 1.29 is 27.8 Å². The molecule has 1 amide bonds. The molecule has 0 saturated heterocycles. The maximum Gasteiger partial charge on any atom is 0.278 e. The first-order valence-electron chi connectivity index (χ1n) is 7.85. The Bertz CT molecular complexity index is 850. The Morgan fingerprint density at radius 3 is 2.57 bits per heavy atom. The van der Waals surface area contributed by atoms with Crippen LogP contribution in [0.5, 0.6) is 5.75 Å². The second-order valence-corrected chi connectivity index (χ2v) is 5.96. The van der Waals surface area contributed by atoms with Crippen molar-refractivity contribution in [1.82, 2.24) is 4.98 Å². The summed E-state index contributed by atoms with van der Waals surface area (Å²) in [6.45, 7) is 0.140. The van der Waals surface area contributed by atoms with Gasteiger partial charge in [0.1, 0.15) is 30.1 Å². The molecule has 0 aliphatic carbocycles. The SMILES string of the molecule is NC1=NC(C(F)F)COC1.O=C(Nc1ccc(F)cc1)c1ncc(Cl)cc1O. The zero-order chi connectivity index (χ0) is 20.7. The van der Waals surface area contributed by atoms with Crippen molar-refractivity contribution in [2.24, 2.45) is 10.7 Å². The molecule has 3 rings (SSSR count). The highest BCUT2D eigenvalue weighted by molar-refractivity contribution is 6.30. The fourth-order valence-electron chi connectivity index (χ4n) is 2.03. The third kappa shape index (κ3) is 6.39. The van der Waals surface area contributed by atoms with E-state index in [9.17, 15) is 23.1 Å². The molecule has 7 nitrogen and oxygen atoms in total. The lowest BCUT2D eigenvalue weighted by Gasteiger charge is -2.17. The van der Waals surface area contributed by atoms with Gasteiger partial charge in [0.15, 0.2) is 5.69 Å². The quantitative estimate of drug-likeness (QED) is 0.712. The van der Waals surface area contributed by atoms with Crippen molar-refractivity contribution in [1.29, 1.82) is 0 Å². The van der Waals surface area contributed by atoms with E-state index in [2.05, 4.69) is 15.3 Å². The summed E-state index contributed by atoms with van der Waals surface area (Å²) in [5, 5.41) is 12.2. The zero-order valence-corrected chi connectivity index (χ0v) is 15.0. The lowest BCUT2D eigenvalue weighted by molar-refractivity contribution is 0.0505. The molecule has 1 aliphatic heterocycles. The van der Waals surface area contributed by atoms with Crippen LogP contribution in [0.25, 0.3) is 0 Å². The Hall–Kier alpha value is -2.85. The molecule has 2 heterocycles. The van der Waals surface area contributed by atoms with E-state index in [-0.39, 0.29) is 35.5 Å². The first kappa shape index (κ1) is 21.5. The molecular formula is C17H16ClF3N4O3. The van der Waals surface area contributed by atoms with Crippen molar-refractivity contribution in [2.45, 2.75) is 12.5 Å². The first-order chi connectivity index (χ1) is 13.3. The number of carbonyl (C=O) groups is 1. The molecule has 150 valence electrons. The minimum Gasteiger partial charge on any atom is -0.505 e. The fourth-order valence-corrected chi connectivity index (χ4v) is 2.18. The van der Waals surface area contributed by atoms with Gasteiger partial charge < -0.3 is 20.9 Å². The highest BCUT2D eigenvalue weighted by atomic mass is 35.5. The van der Waals surface area contributed by atoms with E-state index >= 15 is 0 Å². The van der Waals surface area contributed by atoms with Gasteiger partial charge in [0.25, 0.3) is 12.3 Å². The first-order valence-corrected chi connectivity index (χ1v) is 8.23. The van der Waals surface area contributed by atoms with Crippen LogP contribution < -0.4 is 11.1 Å². The molecule has 11 heteroatoms. The molecule has 1 aliphatic rings. The summed E-state index contributed by atoms with van der Waals surface area (Å²) in [5.41, 5.74) is 5.41. The maximum absolute atomic E-state index is 12.7. The number of ether oxygens (including phenoxy) is 1. The van der Waals surface area contributed by atoms with Gasteiger partial charge in [0.05, 0.1) is 11.6 Å². The second-order valence-electron chi connectivity index (χ2n) is 5.52. The number of nitrogens with one attached hydrogen (secondary N) is 1. The minimum absolute atomic E-state index is 0.0294. The number of carbonyl (C=O) groups excluding carboxylic acids is 1. The van der Waals surface area contributed by atoms with Gasteiger partial charge in [-0.25, -0.2) is 18.2 Å². The number of benzene rings is 1. The normalized spacial score (nSPS) is 16.0. The van der Waals surface area contributed by atoms with Crippen LogP contribution in [0.1, 0.15) is 10.5 Å². The van der Waals surface area contributed by atoms with E-state index in [0.29, 0.717) is 5.69 Å². The van der Waals surface area contributed by atoms with Crippen molar-refractivity contribution in [3.63, 3.8) is 0 Å². The van der Waals surface area contributed by atoms with Gasteiger partial charge in [-0.2, -0.15) is 0 Å². The number of amidine groups is 1. The van der Waals surface area contributed by atoms with Crippen LogP contribution in [0.2, 0.25) is 5.02 Å². The predicted molar refractivity (Wildman–Crippen MR) is 97.5 cm³/mol. The largest absolute Gasteiger partial charge is 0.505 e. The number of anilines is 1. The third-order valence-corrected chi connectivity index (χ3v) is 3.52. The number of nitrogens with two attached hydrogens (primary N) is 1. The number of rotatable bonds is 3. The smallest absolute Gasteiger partial charge is 0.278 e. The molecule has 1 aromatic heterocycles. The number of amides is 1. The van der Waals surface area contributed by atoms with Crippen LogP contribution in [-0.2, 0) is 4.74 Å². The van der Waals surface area contributed by atoms with E-state index in [0.717, 1.165) is 0 Å². The summed E-state index contributed by atoms with van der Waals surface area (Å²) >= 11 is 5.60. The number of alkyl halides is 2. The van der Waals surface area contributed by atoms with Gasteiger partial charge in [0.2, 0.25) is 0 Å². The Kier molecular flexibility index (Phi) is 7.59. The average molecular weight is 417 g/mol. The number of hydrogen-bond acceptors (Lipinski definition) is 6. The third-order valence-electron chi connectivity index (χ3n) is 3.31. The van der Waals surface area contributed by atoms with Crippen molar-refractivity contribution >= 4 is 29.0 Å². The van der Waals surface area contributed by atoms with E-state index in [4.69, 9.17) is 22.1 Å². The number of aromatic hydroxyl groups is 1. The van der Waals surface area contributed by atoms with Crippen LogP contribution in [0.3, 0.4) is 0 Å². The molecule has 0 radical (unpaired) electrons. The van der Waals surface area contributed by atoms with E-state index in [1.807, 2.05) is 0 Å². The molecule has 28 heavy (non-hydrogen) atoms. The van der Waals surface area contributed by atoms with Gasteiger partial charge in [-0.3, -0.25) is 9.79 Å². The van der Waals surface area contributed by atoms with Crippen molar-refractivity contribution in [3.8, 4) is 5.75 Å². The van der Waals surface area contributed by atoms with Crippen molar-refractivity contribution in [3.05, 3.63) is 53.1 Å². The minimum atomic E-state index is -2.47. The zero-order valence-electron chi connectivity index (χ0n) is 14.3. The van der Waals surface area contributed by atoms with Crippen molar-refractivity contribution in [2.75, 3.05) is 18.5 Å². The second kappa shape index (κ2) is 9.90. The van der Waals surface area contributed by atoms with Crippen LogP contribution in [0.4, 0.5) is 18.9 Å². The van der Waals surface area contributed by atoms with Gasteiger partial charge in [-0.05, 0) is 24.3 Å². The molecule has 4 N–H and O–H groups in total. The topological polar surface area (TPSA) is 110 Å². The monoisotopic (exact) mass is 416 g/mol. The molecule has 0 bridgehead atoms. The summed E-state index contributed by atoms with van der Waals surface area (Å²) in [7, 11) is 0. The Balaban J connectivity index is 0.000000237. The highest BCUT2D eigenvalue weighted by Crippen LogP contribution is 2.20. The summed E-state index contributed by atoms with van der Waals surface area (Å²) in [6.07, 6.45) is -1.22. The molecule has 2 aromatic rings. The lowest BCUT2D eigenvalue weighted by Crippen LogP contribution is -2.34. The lowest BCUT2D eigenvalue weighted by atomic mass is 10.2. The van der Waals surface area contributed by atoms with Gasteiger partial charge >= 0.3 is 0 Å². The molecule has 0 spiro atoms. The molecular weight excluding hydrogens is 401 g/mol. The number of aromatic nitrogens is 1. The summed E-state index contributed by atoms with van der Waals surface area (Å²) in [6, 6.07) is 5.39. The van der Waals surface area contributed by atoms with E-state index in [1.54, 1.807) is 0 Å². The van der Waals surface area contributed by atoms with E-state index < -0.39 is 24.2 Å². The fraction of sp³-hybridized carbons (Fsp3) is 0.235. The number of pyridine rings is 1. The summed E-state index contributed by atoms with van der Waals surface area (Å²) in [4.78, 5) is 19.0. The Morgan fingerprint density at radius 2 is 2.04 bits per heavy atom. The standard InChI is InChI=1S/C12H8ClFN2O2.C5H8F2N2O/c13-7-5-10(17)11(15-6-7)12(18)16-9-3-1-8(14)2-4-9;6-5(7)3-1-10-2-4(8)9-3/h1-6,17H,(H,16,18);3,5H,1-2H2,(H2,8,9). The number of aliphatic imine (C=N–C) groups is 1. The summed E-state index contributed by atoms with van der Waals surface area (Å²) in [5.74, 6) is -1.17. The molecule has 0 fully saturated rings. The number of hydrogen-bond donors (Lipinski definition) is 3. The maximum atomic E-state index is 12.7. The van der Waals surface area contributed by atoms with Gasteiger partial charge in [0, 0.05) is 18.0 Å². The number of nitrogens with zero attached hydrogens (tertiary/aromatic N) is 2.